The van der Waals surface area contributed by atoms with Crippen LogP contribution in [0.3, 0.4) is 0 Å². The number of nitrogens with zero attached hydrogens (tertiary/aromatic N) is 2. The Morgan fingerprint density at radius 2 is 2.38 bits per heavy atom. The van der Waals surface area contributed by atoms with Crippen LogP contribution in [0.2, 0.25) is 0 Å². The summed E-state index contributed by atoms with van der Waals surface area (Å²) in [6.45, 7) is 2.92. The van der Waals surface area contributed by atoms with E-state index in [0.717, 1.165) is 29.2 Å². The van der Waals surface area contributed by atoms with Gasteiger partial charge in [-0.25, -0.2) is 4.98 Å². The lowest BCUT2D eigenvalue weighted by molar-refractivity contribution is 0.419. The molecule has 1 aromatic rings. The number of aromatic nitrogens is 1. The molecule has 0 saturated heterocycles. The van der Waals surface area contributed by atoms with Crippen LogP contribution in [-0.4, -0.2) is 35.5 Å². The summed E-state index contributed by atoms with van der Waals surface area (Å²) in [6, 6.07) is 0.546. The first-order valence-electron chi connectivity index (χ1n) is 7.68. The summed E-state index contributed by atoms with van der Waals surface area (Å²) in [4.78, 5) is 10.1. The standard InChI is InChI=1S/C15H26N4S2/c1-4-12-9-17-14(21-12)10-18-15(16-2)19-11-6-5-7-13(8-11)20-3/h9,11,13H,4-8,10H2,1-3H3,(H2,16,18,19). The molecular weight excluding hydrogens is 300 g/mol. The second kappa shape index (κ2) is 8.63. The maximum atomic E-state index is 4.44. The lowest BCUT2D eigenvalue weighted by Crippen LogP contribution is -2.45. The molecule has 1 aliphatic rings. The molecule has 118 valence electrons. The van der Waals surface area contributed by atoms with Crippen molar-refractivity contribution in [2.24, 2.45) is 4.99 Å². The molecule has 1 aliphatic carbocycles. The molecule has 2 N–H and O–H groups in total. The predicted octanol–water partition coefficient (Wildman–Crippen LogP) is 3.04. The van der Waals surface area contributed by atoms with Crippen LogP contribution in [0.1, 0.15) is 42.5 Å². The maximum Gasteiger partial charge on any atom is 0.191 e. The molecule has 2 unspecified atom stereocenters. The molecule has 0 bridgehead atoms. The monoisotopic (exact) mass is 326 g/mol. The average molecular weight is 327 g/mol. The van der Waals surface area contributed by atoms with Gasteiger partial charge in [-0.3, -0.25) is 4.99 Å². The zero-order chi connectivity index (χ0) is 15.1. The highest BCUT2D eigenvalue weighted by Crippen LogP contribution is 2.26. The van der Waals surface area contributed by atoms with Gasteiger partial charge in [0.15, 0.2) is 5.96 Å². The molecule has 4 nitrogen and oxygen atoms in total. The number of rotatable bonds is 5. The van der Waals surface area contributed by atoms with Crippen LogP contribution >= 0.6 is 23.1 Å². The van der Waals surface area contributed by atoms with Crippen LogP contribution in [0.15, 0.2) is 11.2 Å². The predicted molar refractivity (Wildman–Crippen MR) is 94.4 cm³/mol. The minimum atomic E-state index is 0.546. The molecule has 0 aromatic carbocycles. The first-order valence-corrected chi connectivity index (χ1v) is 9.79. The van der Waals surface area contributed by atoms with Crippen molar-refractivity contribution >= 4 is 29.1 Å². The molecular formula is C15H26N4S2. The quantitative estimate of drug-likeness (QED) is 0.645. The Bertz CT molecular complexity index is 458. The van der Waals surface area contributed by atoms with E-state index in [1.165, 1.54) is 30.6 Å². The van der Waals surface area contributed by atoms with E-state index in [1.54, 1.807) is 11.3 Å². The fourth-order valence-corrected chi connectivity index (χ4v) is 4.26. The van der Waals surface area contributed by atoms with Gasteiger partial charge in [0.1, 0.15) is 5.01 Å². The van der Waals surface area contributed by atoms with Gasteiger partial charge in [-0.05, 0) is 31.9 Å². The highest BCUT2D eigenvalue weighted by atomic mass is 32.2. The van der Waals surface area contributed by atoms with E-state index in [1.807, 2.05) is 25.0 Å². The summed E-state index contributed by atoms with van der Waals surface area (Å²) in [7, 11) is 1.84. The van der Waals surface area contributed by atoms with Gasteiger partial charge in [-0.15, -0.1) is 11.3 Å². The fraction of sp³-hybridized carbons (Fsp3) is 0.733. The van der Waals surface area contributed by atoms with Crippen molar-refractivity contribution < 1.29 is 0 Å². The summed E-state index contributed by atoms with van der Waals surface area (Å²) in [5.41, 5.74) is 0. The van der Waals surface area contributed by atoms with Crippen molar-refractivity contribution in [1.82, 2.24) is 15.6 Å². The van der Waals surface area contributed by atoms with Crippen LogP contribution in [0, 0.1) is 0 Å². The SMILES string of the molecule is CCc1cnc(CNC(=NC)NC2CCCC(SC)C2)s1. The van der Waals surface area contributed by atoms with Crippen molar-refractivity contribution in [3.8, 4) is 0 Å². The normalized spacial score (nSPS) is 23.1. The number of thioether (sulfide) groups is 1. The number of hydrogen-bond acceptors (Lipinski definition) is 4. The maximum absolute atomic E-state index is 4.44. The summed E-state index contributed by atoms with van der Waals surface area (Å²) in [6.07, 6.45) is 10.4. The molecule has 0 spiro atoms. The Kier molecular flexibility index (Phi) is 6.83. The zero-order valence-electron chi connectivity index (χ0n) is 13.2. The van der Waals surface area contributed by atoms with Gasteiger partial charge < -0.3 is 10.6 Å². The van der Waals surface area contributed by atoms with Crippen LogP contribution < -0.4 is 10.6 Å². The Morgan fingerprint density at radius 3 is 3.05 bits per heavy atom. The van der Waals surface area contributed by atoms with Crippen molar-refractivity contribution in [1.29, 1.82) is 0 Å². The summed E-state index contributed by atoms with van der Waals surface area (Å²) in [5, 5.41) is 8.86. The summed E-state index contributed by atoms with van der Waals surface area (Å²) in [5.74, 6) is 0.898. The highest BCUT2D eigenvalue weighted by molar-refractivity contribution is 7.99. The van der Waals surface area contributed by atoms with Gasteiger partial charge >= 0.3 is 0 Å². The first kappa shape index (κ1) is 16.6. The Morgan fingerprint density at radius 1 is 1.52 bits per heavy atom. The lowest BCUT2D eigenvalue weighted by Gasteiger charge is -2.29. The number of aliphatic imine (C=N–C) groups is 1. The highest BCUT2D eigenvalue weighted by Gasteiger charge is 2.21. The minimum Gasteiger partial charge on any atom is -0.354 e. The number of nitrogens with one attached hydrogen (secondary N) is 2. The van der Waals surface area contributed by atoms with E-state index in [2.05, 4.69) is 33.8 Å². The third-order valence-electron chi connectivity index (χ3n) is 3.88. The van der Waals surface area contributed by atoms with Gasteiger partial charge in [0.05, 0.1) is 6.54 Å². The van der Waals surface area contributed by atoms with Gasteiger partial charge in [-0.2, -0.15) is 11.8 Å². The Balaban J connectivity index is 1.80. The molecule has 2 atom stereocenters. The summed E-state index contributed by atoms with van der Waals surface area (Å²) >= 11 is 3.77. The molecule has 0 aliphatic heterocycles. The smallest absolute Gasteiger partial charge is 0.191 e. The molecule has 1 fully saturated rings. The summed E-state index contributed by atoms with van der Waals surface area (Å²) < 4.78 is 0. The van der Waals surface area contributed by atoms with Crippen LogP contribution in [0.4, 0.5) is 0 Å². The van der Waals surface area contributed by atoms with Crippen LogP contribution in [-0.2, 0) is 13.0 Å². The largest absolute Gasteiger partial charge is 0.354 e. The molecule has 1 saturated carbocycles. The third-order valence-corrected chi connectivity index (χ3v) is 6.12. The number of thiazole rings is 1. The zero-order valence-corrected chi connectivity index (χ0v) is 14.8. The van der Waals surface area contributed by atoms with Gasteiger partial charge in [-0.1, -0.05) is 13.3 Å². The Hall–Kier alpha value is -0.750. The molecule has 6 heteroatoms. The van der Waals surface area contributed by atoms with E-state index < -0.39 is 0 Å². The number of hydrogen-bond donors (Lipinski definition) is 2. The second-order valence-corrected chi connectivity index (χ2v) is 7.70. The third kappa shape index (κ3) is 5.18. The molecule has 1 aromatic heterocycles. The van der Waals surface area contributed by atoms with Crippen molar-refractivity contribution in [3.63, 3.8) is 0 Å². The van der Waals surface area contributed by atoms with E-state index in [4.69, 9.17) is 0 Å². The first-order chi connectivity index (χ1) is 10.2. The Labute approximate surface area is 136 Å². The molecule has 1 heterocycles. The van der Waals surface area contributed by atoms with Crippen LogP contribution in [0.25, 0.3) is 0 Å². The van der Waals surface area contributed by atoms with E-state index in [-0.39, 0.29) is 0 Å². The second-order valence-electron chi connectivity index (χ2n) is 5.37. The number of guanidine groups is 1. The molecule has 21 heavy (non-hydrogen) atoms. The van der Waals surface area contributed by atoms with Crippen molar-refractivity contribution in [2.45, 2.75) is 56.9 Å². The lowest BCUT2D eigenvalue weighted by atomic mass is 9.95. The van der Waals surface area contributed by atoms with Crippen LogP contribution in [0.5, 0.6) is 0 Å². The number of aryl methyl sites for hydroxylation is 1. The van der Waals surface area contributed by atoms with Gasteiger partial charge in [0.2, 0.25) is 0 Å². The van der Waals surface area contributed by atoms with Gasteiger partial charge in [0, 0.05) is 29.4 Å². The minimum absolute atomic E-state index is 0.546. The molecule has 2 rings (SSSR count). The van der Waals surface area contributed by atoms with E-state index >= 15 is 0 Å². The van der Waals surface area contributed by atoms with Crippen molar-refractivity contribution in [3.05, 3.63) is 16.1 Å². The average Bonchev–Trinajstić information content (AvgIpc) is 2.99. The molecule has 0 radical (unpaired) electrons. The van der Waals surface area contributed by atoms with E-state index in [0.29, 0.717) is 6.04 Å². The van der Waals surface area contributed by atoms with Gasteiger partial charge in [0.25, 0.3) is 0 Å². The fourth-order valence-electron chi connectivity index (χ4n) is 2.63. The van der Waals surface area contributed by atoms with E-state index in [9.17, 15) is 0 Å². The topological polar surface area (TPSA) is 49.3 Å². The molecule has 0 amide bonds. The van der Waals surface area contributed by atoms with Crippen molar-refractivity contribution in [2.75, 3.05) is 13.3 Å².